The molecule has 2 rings (SSSR count). The first-order valence-corrected chi connectivity index (χ1v) is 7.65. The number of nitrogens with one attached hydrogen (secondary N) is 2. The van der Waals surface area contributed by atoms with Gasteiger partial charge in [-0.3, -0.25) is 0 Å². The minimum atomic E-state index is -0.0721. The Kier molecular flexibility index (Phi) is 5.22. The number of ether oxygens (including phenoxy) is 1. The van der Waals surface area contributed by atoms with E-state index < -0.39 is 0 Å². The molecule has 19 heavy (non-hydrogen) atoms. The summed E-state index contributed by atoms with van der Waals surface area (Å²) in [6.07, 6.45) is 4.69. The molecule has 1 aliphatic carbocycles. The molecule has 4 nitrogen and oxygen atoms in total. The summed E-state index contributed by atoms with van der Waals surface area (Å²) in [5.41, 5.74) is 0.274. The van der Waals surface area contributed by atoms with E-state index in [0.29, 0.717) is 6.54 Å². The van der Waals surface area contributed by atoms with Gasteiger partial charge in [0.1, 0.15) is 0 Å². The minimum Gasteiger partial charge on any atom is -0.385 e. The van der Waals surface area contributed by atoms with Gasteiger partial charge in [0.15, 0.2) is 0 Å². The Bertz CT molecular complexity index is 388. The summed E-state index contributed by atoms with van der Waals surface area (Å²) in [7, 11) is 1.73. The molecular formula is C14H22N2O2S. The number of carbonyl (C=O) groups is 1. The van der Waals surface area contributed by atoms with E-state index in [1.54, 1.807) is 18.4 Å². The Morgan fingerprint density at radius 3 is 2.89 bits per heavy atom. The molecule has 0 radical (unpaired) electrons. The van der Waals surface area contributed by atoms with Crippen LogP contribution in [0, 0.1) is 5.41 Å². The van der Waals surface area contributed by atoms with Gasteiger partial charge in [-0.1, -0.05) is 12.5 Å². The van der Waals surface area contributed by atoms with Crippen molar-refractivity contribution in [2.75, 3.05) is 20.3 Å². The van der Waals surface area contributed by atoms with E-state index in [-0.39, 0.29) is 11.4 Å². The summed E-state index contributed by atoms with van der Waals surface area (Å²) in [6.45, 7) is 2.14. The highest BCUT2D eigenvalue weighted by molar-refractivity contribution is 7.09. The van der Waals surface area contributed by atoms with Crippen molar-refractivity contribution in [1.82, 2.24) is 10.6 Å². The van der Waals surface area contributed by atoms with Crippen LogP contribution in [0.1, 0.15) is 30.6 Å². The zero-order chi connectivity index (χ0) is 13.6. The van der Waals surface area contributed by atoms with Gasteiger partial charge in [0.2, 0.25) is 0 Å². The van der Waals surface area contributed by atoms with Gasteiger partial charge in [0.05, 0.1) is 6.54 Å². The van der Waals surface area contributed by atoms with Crippen molar-refractivity contribution in [3.8, 4) is 0 Å². The second-order valence-corrected chi connectivity index (χ2v) is 6.24. The molecule has 0 atom stereocenters. The van der Waals surface area contributed by atoms with E-state index >= 15 is 0 Å². The van der Waals surface area contributed by atoms with E-state index in [0.717, 1.165) is 19.6 Å². The lowest BCUT2D eigenvalue weighted by molar-refractivity contribution is 0.0712. The first-order chi connectivity index (χ1) is 9.24. The monoisotopic (exact) mass is 282 g/mol. The van der Waals surface area contributed by atoms with Crippen molar-refractivity contribution < 1.29 is 9.53 Å². The van der Waals surface area contributed by atoms with Crippen LogP contribution >= 0.6 is 11.3 Å². The number of amides is 2. The van der Waals surface area contributed by atoms with Crippen molar-refractivity contribution in [2.45, 2.75) is 32.2 Å². The van der Waals surface area contributed by atoms with Crippen molar-refractivity contribution in [1.29, 1.82) is 0 Å². The molecule has 0 aromatic carbocycles. The number of urea groups is 1. The third-order valence-electron chi connectivity index (χ3n) is 3.88. The number of carbonyl (C=O) groups excluding carboxylic acids is 1. The van der Waals surface area contributed by atoms with Gasteiger partial charge in [-0.15, -0.1) is 11.3 Å². The molecule has 1 heterocycles. The Balaban J connectivity index is 1.67. The maximum absolute atomic E-state index is 11.7. The van der Waals surface area contributed by atoms with Gasteiger partial charge >= 0.3 is 6.03 Å². The average molecular weight is 282 g/mol. The second kappa shape index (κ2) is 6.91. The summed E-state index contributed by atoms with van der Waals surface area (Å²) in [5.74, 6) is 0. The molecule has 0 bridgehead atoms. The fourth-order valence-electron chi connectivity index (χ4n) is 2.42. The van der Waals surface area contributed by atoms with E-state index in [1.807, 2.05) is 17.5 Å². The van der Waals surface area contributed by atoms with Crippen LogP contribution in [0.2, 0.25) is 0 Å². The molecule has 0 spiro atoms. The topological polar surface area (TPSA) is 50.4 Å². The Morgan fingerprint density at radius 2 is 2.32 bits per heavy atom. The fourth-order valence-corrected chi connectivity index (χ4v) is 3.07. The molecule has 1 aromatic heterocycles. The molecular weight excluding hydrogens is 260 g/mol. The number of hydrogen-bond donors (Lipinski definition) is 2. The van der Waals surface area contributed by atoms with Crippen LogP contribution < -0.4 is 10.6 Å². The zero-order valence-corrected chi connectivity index (χ0v) is 12.2. The lowest BCUT2D eigenvalue weighted by Crippen LogP contribution is -2.45. The highest BCUT2D eigenvalue weighted by Gasteiger charge is 2.36. The van der Waals surface area contributed by atoms with E-state index in [4.69, 9.17) is 4.74 Å². The third-order valence-corrected chi connectivity index (χ3v) is 4.75. The summed E-state index contributed by atoms with van der Waals surface area (Å²) >= 11 is 1.66. The minimum absolute atomic E-state index is 0.0721. The molecule has 106 valence electrons. The predicted molar refractivity (Wildman–Crippen MR) is 77.3 cm³/mol. The van der Waals surface area contributed by atoms with Crippen molar-refractivity contribution >= 4 is 17.4 Å². The van der Waals surface area contributed by atoms with Gasteiger partial charge in [-0.05, 0) is 36.1 Å². The van der Waals surface area contributed by atoms with Crippen LogP contribution in [0.25, 0.3) is 0 Å². The molecule has 0 unspecified atom stereocenters. The molecule has 5 heteroatoms. The summed E-state index contributed by atoms with van der Waals surface area (Å²) in [4.78, 5) is 12.9. The van der Waals surface area contributed by atoms with E-state index in [2.05, 4.69) is 10.6 Å². The second-order valence-electron chi connectivity index (χ2n) is 5.21. The Hall–Kier alpha value is -1.07. The van der Waals surface area contributed by atoms with Crippen LogP contribution in [0.5, 0.6) is 0 Å². The van der Waals surface area contributed by atoms with Crippen molar-refractivity contribution in [3.05, 3.63) is 22.4 Å². The van der Waals surface area contributed by atoms with Gasteiger partial charge in [0, 0.05) is 25.1 Å². The first kappa shape index (κ1) is 14.3. The first-order valence-electron chi connectivity index (χ1n) is 6.77. The number of rotatable bonds is 7. The van der Waals surface area contributed by atoms with Crippen molar-refractivity contribution in [2.24, 2.45) is 5.41 Å². The smallest absolute Gasteiger partial charge is 0.315 e. The van der Waals surface area contributed by atoms with Crippen LogP contribution in [0.3, 0.4) is 0 Å². The van der Waals surface area contributed by atoms with Gasteiger partial charge < -0.3 is 15.4 Å². The van der Waals surface area contributed by atoms with E-state index in [9.17, 15) is 4.79 Å². The largest absolute Gasteiger partial charge is 0.385 e. The molecule has 0 aliphatic heterocycles. The summed E-state index contributed by atoms with van der Waals surface area (Å²) in [5, 5.41) is 7.90. The number of hydrogen-bond acceptors (Lipinski definition) is 3. The van der Waals surface area contributed by atoms with Crippen molar-refractivity contribution in [3.63, 3.8) is 0 Å². The van der Waals surface area contributed by atoms with Gasteiger partial charge in [-0.25, -0.2) is 4.79 Å². The highest BCUT2D eigenvalue weighted by atomic mass is 32.1. The summed E-state index contributed by atoms with van der Waals surface area (Å²) in [6, 6.07) is 3.95. The number of thiophene rings is 1. The SMILES string of the molecule is COCCC1(CNC(=O)NCc2cccs2)CCC1. The normalized spacial score (nSPS) is 16.7. The average Bonchev–Trinajstić information content (AvgIpc) is 2.88. The quantitative estimate of drug-likeness (QED) is 0.808. The lowest BCUT2D eigenvalue weighted by Gasteiger charge is -2.42. The van der Waals surface area contributed by atoms with Gasteiger partial charge in [0.25, 0.3) is 0 Å². The Morgan fingerprint density at radius 1 is 1.47 bits per heavy atom. The maximum atomic E-state index is 11.7. The predicted octanol–water partition coefficient (Wildman–Crippen LogP) is 2.75. The van der Waals surface area contributed by atoms with Crippen LogP contribution in [-0.4, -0.2) is 26.3 Å². The zero-order valence-electron chi connectivity index (χ0n) is 11.4. The molecule has 2 N–H and O–H groups in total. The number of methoxy groups -OCH3 is 1. The van der Waals surface area contributed by atoms with Gasteiger partial charge in [-0.2, -0.15) is 0 Å². The fraction of sp³-hybridized carbons (Fsp3) is 0.643. The summed E-state index contributed by atoms with van der Waals surface area (Å²) < 4.78 is 5.15. The molecule has 1 saturated carbocycles. The molecule has 1 aliphatic rings. The molecule has 2 amide bonds. The molecule has 1 fully saturated rings. The van der Waals surface area contributed by atoms with E-state index in [1.165, 1.54) is 24.1 Å². The van der Waals surface area contributed by atoms with Crippen LogP contribution in [-0.2, 0) is 11.3 Å². The van der Waals surface area contributed by atoms with Crippen LogP contribution in [0.15, 0.2) is 17.5 Å². The highest BCUT2D eigenvalue weighted by Crippen LogP contribution is 2.43. The standard InChI is InChI=1S/C14H22N2O2S/c1-18-8-7-14(5-3-6-14)11-16-13(17)15-10-12-4-2-9-19-12/h2,4,9H,3,5-8,10-11H2,1H3,(H2,15,16,17). The third kappa shape index (κ3) is 4.21. The molecule has 0 saturated heterocycles. The van der Waals surface area contributed by atoms with Crippen LogP contribution in [0.4, 0.5) is 4.79 Å². The Labute approximate surface area is 118 Å². The maximum Gasteiger partial charge on any atom is 0.315 e. The molecule has 1 aromatic rings. The lowest BCUT2D eigenvalue weighted by atomic mass is 9.67.